The molecule has 0 spiro atoms. The molecule has 0 aliphatic carbocycles. The Morgan fingerprint density at radius 3 is 1.91 bits per heavy atom. The molecule has 47 heavy (non-hydrogen) atoms. The van der Waals surface area contributed by atoms with E-state index < -0.39 is 20.8 Å². The molecule has 0 nitrogen and oxygen atoms in total. The summed E-state index contributed by atoms with van der Waals surface area (Å²) in [7, 11) is 10.7. The zero-order valence-electron chi connectivity index (χ0n) is 26.5. The minimum Gasteiger partial charge on any atom is -0.184 e. The van der Waals surface area contributed by atoms with Gasteiger partial charge in [0.25, 0.3) is 0 Å². The standard InChI is InChI=1S/C31H27.C12H7Si.2ClH.Zr/c1-3-22(2)26-20-25-18-19-28(24-14-8-5-9-15-24)31(30(25)21-26)29-17-11-10-16-27(29)23-12-6-4-7-13-23;1-3-7-11-9(5-1)10-6-2-4-8-12(10)13-11;;;/h4-22H,3H2,1-2H3;1-7H;2*1H;/q2*-1;;;+4/p-2. The normalized spacial score (nSPS) is 11.7. The molecule has 1 unspecified atom stereocenters. The second-order valence-corrected chi connectivity index (χ2v) is 16.6. The molecule has 7 aromatic carbocycles. The number of fused-ring (bicyclic) bond motifs is 4. The molecule has 0 saturated heterocycles. The van der Waals surface area contributed by atoms with Crippen molar-refractivity contribution >= 4 is 47.7 Å². The van der Waals surface area contributed by atoms with Crippen molar-refractivity contribution in [2.24, 2.45) is 0 Å². The van der Waals surface area contributed by atoms with Crippen LogP contribution in [0, 0.1) is 6.07 Å². The van der Waals surface area contributed by atoms with Crippen LogP contribution in [0.5, 0.6) is 0 Å². The van der Waals surface area contributed by atoms with Gasteiger partial charge in [-0.15, -0.1) is 34.0 Å². The van der Waals surface area contributed by atoms with E-state index >= 15 is 0 Å². The van der Waals surface area contributed by atoms with Crippen LogP contribution in [0.4, 0.5) is 0 Å². The van der Waals surface area contributed by atoms with E-state index in [1.165, 1.54) is 71.2 Å². The Hall–Kier alpha value is -3.39. The number of halogens is 2. The molecule has 0 saturated carbocycles. The fourth-order valence-electron chi connectivity index (χ4n) is 6.27. The molecule has 0 amide bonds. The Kier molecular flexibility index (Phi) is 11.5. The first-order valence-corrected chi connectivity index (χ1v) is 23.2. The number of hydrogen-bond acceptors (Lipinski definition) is 0. The van der Waals surface area contributed by atoms with E-state index in [9.17, 15) is 0 Å². The van der Waals surface area contributed by atoms with Crippen molar-refractivity contribution < 1.29 is 20.8 Å². The van der Waals surface area contributed by atoms with Gasteiger partial charge in [-0.1, -0.05) is 152 Å². The second kappa shape index (κ2) is 16.1. The summed E-state index contributed by atoms with van der Waals surface area (Å²) in [5.41, 5.74) is 11.9. The van der Waals surface area contributed by atoms with Gasteiger partial charge in [-0.05, 0) is 33.7 Å². The summed E-state index contributed by atoms with van der Waals surface area (Å²) < 4.78 is 0. The molecule has 228 valence electrons. The van der Waals surface area contributed by atoms with Gasteiger partial charge in [0.2, 0.25) is 0 Å². The summed E-state index contributed by atoms with van der Waals surface area (Å²) in [5, 5.41) is 5.50. The van der Waals surface area contributed by atoms with Gasteiger partial charge in [0.05, 0.1) is 9.52 Å². The van der Waals surface area contributed by atoms with Gasteiger partial charge >= 0.3 is 37.9 Å². The van der Waals surface area contributed by atoms with Crippen LogP contribution in [0.1, 0.15) is 31.7 Å². The molecule has 0 N–H and O–H groups in total. The van der Waals surface area contributed by atoms with Crippen molar-refractivity contribution in [1.29, 1.82) is 0 Å². The Balaban J connectivity index is 0.000000199. The quantitative estimate of drug-likeness (QED) is 0.122. The van der Waals surface area contributed by atoms with Crippen LogP contribution < -0.4 is 10.4 Å². The third-order valence-electron chi connectivity index (χ3n) is 8.79. The molecule has 1 atom stereocenters. The van der Waals surface area contributed by atoms with Crippen LogP contribution in [-0.4, -0.2) is 9.52 Å². The monoisotopic (exact) mass is 738 g/mol. The molecule has 0 bridgehead atoms. The first-order chi connectivity index (χ1) is 23.1. The largest absolute Gasteiger partial charge is 0.184 e. The topological polar surface area (TPSA) is 0 Å². The predicted octanol–water partition coefficient (Wildman–Crippen LogP) is 11.6. The Bertz CT molecular complexity index is 2020. The van der Waals surface area contributed by atoms with Crippen molar-refractivity contribution in [2.45, 2.75) is 26.2 Å². The summed E-state index contributed by atoms with van der Waals surface area (Å²) in [6.07, 6.45) is 1.15. The summed E-state index contributed by atoms with van der Waals surface area (Å²) in [5.74, 6) is 0.560. The first kappa shape index (κ1) is 33.5. The van der Waals surface area contributed by atoms with E-state index in [1.54, 1.807) is 0 Å². The van der Waals surface area contributed by atoms with Crippen molar-refractivity contribution in [2.75, 3.05) is 0 Å². The van der Waals surface area contributed by atoms with Gasteiger partial charge in [-0.3, -0.25) is 0 Å². The smallest absolute Gasteiger partial charge is 0.0920 e. The van der Waals surface area contributed by atoms with E-state index in [1.807, 2.05) is 6.07 Å². The maximum absolute atomic E-state index is 4.93. The maximum Gasteiger partial charge on any atom is 0.0920 e. The molecule has 8 rings (SSSR count). The van der Waals surface area contributed by atoms with Gasteiger partial charge in [-0.25, -0.2) is 0 Å². The molecular formula is C43H34Cl2SiZr. The Labute approximate surface area is 300 Å². The Morgan fingerprint density at radius 1 is 0.660 bits per heavy atom. The SMILES string of the molecule is CCC(C)c1cc2c(-c3ccccc3-c3ccccc3)c(-c3ccccc3)ccc2[cH-]1.[Cl][Zr+2][Cl].[c-]1cccc2c1[Si]c1ccccc1-2. The predicted molar refractivity (Wildman–Crippen MR) is 202 cm³/mol. The van der Waals surface area contributed by atoms with Crippen LogP contribution in [0.25, 0.3) is 55.3 Å². The van der Waals surface area contributed by atoms with Gasteiger partial charge in [0.1, 0.15) is 0 Å². The summed E-state index contributed by atoms with van der Waals surface area (Å²) in [6.45, 7) is 4.59. The molecule has 1 heterocycles. The molecule has 2 radical (unpaired) electrons. The van der Waals surface area contributed by atoms with E-state index in [-0.39, 0.29) is 0 Å². The summed E-state index contributed by atoms with van der Waals surface area (Å²) in [4.78, 5) is 0. The molecule has 0 fully saturated rings. The molecule has 0 aromatic heterocycles. The molecular weight excluding hydrogens is 707 g/mol. The zero-order chi connectivity index (χ0) is 32.6. The fraction of sp³-hybridized carbons (Fsp3) is 0.0930. The summed E-state index contributed by atoms with van der Waals surface area (Å²) >= 11 is -0.826. The van der Waals surface area contributed by atoms with Crippen molar-refractivity contribution in [3.8, 4) is 44.5 Å². The fourth-order valence-corrected chi connectivity index (χ4v) is 7.58. The number of hydrogen-bond donors (Lipinski definition) is 0. The minimum absolute atomic E-state index is 0.560. The van der Waals surface area contributed by atoms with Crippen LogP contribution in [0.2, 0.25) is 0 Å². The van der Waals surface area contributed by atoms with Gasteiger partial charge in [0.15, 0.2) is 0 Å². The molecule has 1 aliphatic rings. The first-order valence-electron chi connectivity index (χ1n) is 15.9. The number of benzene rings is 6. The summed E-state index contributed by atoms with van der Waals surface area (Å²) in [6, 6.07) is 57.9. The van der Waals surface area contributed by atoms with E-state index in [0.717, 1.165) is 15.9 Å². The molecule has 4 heteroatoms. The van der Waals surface area contributed by atoms with Crippen LogP contribution in [0.15, 0.2) is 152 Å². The van der Waals surface area contributed by atoms with E-state index in [2.05, 4.69) is 166 Å². The third kappa shape index (κ3) is 7.53. The van der Waals surface area contributed by atoms with Gasteiger partial charge < -0.3 is 0 Å². The zero-order valence-corrected chi connectivity index (χ0v) is 31.4. The third-order valence-corrected chi connectivity index (χ3v) is 10.2. The average Bonchev–Trinajstić information content (AvgIpc) is 3.74. The van der Waals surface area contributed by atoms with E-state index in [0.29, 0.717) is 5.92 Å². The number of rotatable bonds is 5. The van der Waals surface area contributed by atoms with Crippen molar-refractivity contribution in [1.82, 2.24) is 0 Å². The van der Waals surface area contributed by atoms with Crippen molar-refractivity contribution in [3.05, 3.63) is 163 Å². The van der Waals surface area contributed by atoms with Gasteiger partial charge in [0, 0.05) is 0 Å². The van der Waals surface area contributed by atoms with Crippen LogP contribution >= 0.6 is 17.0 Å². The Morgan fingerprint density at radius 2 is 1.23 bits per heavy atom. The average molecular weight is 741 g/mol. The second-order valence-electron chi connectivity index (χ2n) is 11.6. The van der Waals surface area contributed by atoms with E-state index in [4.69, 9.17) is 17.0 Å². The van der Waals surface area contributed by atoms with Crippen molar-refractivity contribution in [3.63, 3.8) is 0 Å². The maximum atomic E-state index is 4.93. The molecule has 1 aliphatic heterocycles. The van der Waals surface area contributed by atoms with Crippen LogP contribution in [-0.2, 0) is 20.8 Å². The van der Waals surface area contributed by atoms with Gasteiger partial charge in [-0.2, -0.15) is 35.5 Å². The molecule has 7 aromatic rings. The minimum atomic E-state index is -0.826. The van der Waals surface area contributed by atoms with Crippen LogP contribution in [0.3, 0.4) is 0 Å².